The van der Waals surface area contributed by atoms with Gasteiger partial charge in [0.25, 0.3) is 0 Å². The Morgan fingerprint density at radius 3 is 0.723 bits per heavy atom. The van der Waals surface area contributed by atoms with Gasteiger partial charge in [0.15, 0.2) is 0 Å². The quantitative estimate of drug-likeness (QED) is 0.0442. The van der Waals surface area contributed by atoms with Crippen LogP contribution in [-0.2, 0) is 111 Å². The molecule has 22 nitrogen and oxygen atoms in total. The molecule has 0 N–H and O–H groups in total. The molecule has 16 saturated carbocycles. The summed E-state index contributed by atoms with van der Waals surface area (Å²) in [6.45, 7) is 36.4. The van der Waals surface area contributed by atoms with Crippen molar-refractivity contribution in [1.82, 2.24) is 0 Å². The van der Waals surface area contributed by atoms with Crippen LogP contribution in [0, 0.1) is 202 Å². The van der Waals surface area contributed by atoms with Crippen molar-refractivity contribution in [1.29, 1.82) is 0 Å². The van der Waals surface area contributed by atoms with Gasteiger partial charge in [0, 0.05) is 53.4 Å². The summed E-state index contributed by atoms with van der Waals surface area (Å²) in [4.78, 5) is 153. The fourth-order valence-corrected chi connectivity index (χ4v) is 39.8. The summed E-state index contributed by atoms with van der Waals surface area (Å²) in [5.41, 5.74) is -3.54. The van der Waals surface area contributed by atoms with E-state index in [0.717, 1.165) is 180 Å². The zero-order valence-electron chi connectivity index (χ0n) is 94.6. The van der Waals surface area contributed by atoms with E-state index in [2.05, 4.69) is 83.1 Å². The molecule has 0 amide bonds. The van der Waals surface area contributed by atoms with E-state index in [1.807, 2.05) is 30.3 Å². The Bertz CT molecular complexity index is 4380. The lowest BCUT2D eigenvalue weighted by Crippen LogP contribution is -2.54. The lowest BCUT2D eigenvalue weighted by Gasteiger charge is -2.61. The molecule has 0 spiro atoms. The molecule has 0 saturated heterocycles. The molecule has 16 aliphatic carbocycles. The highest BCUT2D eigenvalue weighted by Gasteiger charge is 2.68. The normalized spacial score (nSPS) is 40.9. The van der Waals surface area contributed by atoms with Gasteiger partial charge in [0.2, 0.25) is 0 Å². The Hall–Kier alpha value is -6.61. The van der Waals surface area contributed by atoms with Crippen LogP contribution < -0.4 is 0 Å². The second-order valence-corrected chi connectivity index (χ2v) is 56.2. The number of carbonyl (C=O) groups excluding carboxylic acids is 11. The van der Waals surface area contributed by atoms with Gasteiger partial charge in [-0.15, -0.1) is 0 Å². The lowest BCUT2D eigenvalue weighted by atomic mass is 9.44. The van der Waals surface area contributed by atoms with Gasteiger partial charge in [-0.05, 0) is 469 Å². The van der Waals surface area contributed by atoms with E-state index in [9.17, 15) is 38.4 Å². The van der Waals surface area contributed by atoms with E-state index in [1.165, 1.54) is 86.0 Å². The molecule has 828 valence electrons. The standard InChI is InChI=1S/C126H192O22/c1-76(97-37-41-101-93-33-29-85-65-89(145-80(5)127)49-57-119(85,12)105(93)53-61-123(97,101)16)25-45-109(131)139-70-116(9,71-140-110(132)46-26-77(2)98-38-42-102-94-34-30-86-66-90(146-81(6)128)50-58-120(86,13)106(94)54-62-124(98,102)17)114(136)143-74-118(11,113(135)138-69-84-23-21-20-22-24-84)75-144-115(137)117(10,72-141-111(133)47-27-78(3)99-39-43-103-95-35-31-87-67-91(147-82(7)129)51-59-121(87,14)107(95)55-63-125(99,103)18)73-142-112(134)48-28-79(4)100-40-44-104-96-36-32-88-68-92(148-83(8)130)52-60-122(88,15)108(96)56-64-126(100,104)19/h20-24,76-79,85-108H,25-75H2,1-19H3/t76-,77-,78-,79-,85-,86-,87-,88-,89-,90-,91-,92-,93+,94+,95+,96+,97-,98-,99-,100-,101+,102+,103+,104+,105+,106+,107+,108+,119+,120+,121+,122+,123-,124-,125-,126-/m1/s1. The van der Waals surface area contributed by atoms with Gasteiger partial charge >= 0.3 is 65.7 Å². The Balaban J connectivity index is 0.570. The number of hydrogen-bond acceptors (Lipinski definition) is 22. The van der Waals surface area contributed by atoms with Crippen LogP contribution in [0.3, 0.4) is 0 Å². The molecule has 16 fully saturated rings. The van der Waals surface area contributed by atoms with E-state index in [0.29, 0.717) is 150 Å². The van der Waals surface area contributed by atoms with Gasteiger partial charge in [-0.25, -0.2) is 0 Å². The number of ether oxygens (including phenoxy) is 11. The molecule has 0 unspecified atom stereocenters. The highest BCUT2D eigenvalue weighted by atomic mass is 16.6. The van der Waals surface area contributed by atoms with Crippen molar-refractivity contribution in [2.24, 2.45) is 202 Å². The maximum Gasteiger partial charge on any atom is 0.319 e. The van der Waals surface area contributed by atoms with Crippen molar-refractivity contribution >= 4 is 65.7 Å². The second-order valence-electron chi connectivity index (χ2n) is 56.2. The summed E-state index contributed by atoms with van der Waals surface area (Å²) < 4.78 is 67.1. The maximum absolute atomic E-state index is 15.6. The molecule has 36 atom stereocenters. The first-order valence-electron chi connectivity index (χ1n) is 60.0. The molecular formula is C126H192O22. The number of benzene rings is 1. The molecule has 17 rings (SSSR count). The molecule has 1 aromatic carbocycles. The third kappa shape index (κ3) is 22.5. The predicted molar refractivity (Wildman–Crippen MR) is 563 cm³/mol. The summed E-state index contributed by atoms with van der Waals surface area (Å²) >= 11 is 0. The number of rotatable bonds is 37. The number of carbonyl (C=O) groups is 11. The van der Waals surface area contributed by atoms with E-state index < -0.39 is 97.7 Å². The Kier molecular flexibility index (Phi) is 34.2. The van der Waals surface area contributed by atoms with Gasteiger partial charge < -0.3 is 52.1 Å². The van der Waals surface area contributed by atoms with Crippen LogP contribution in [0.15, 0.2) is 30.3 Å². The molecule has 0 aliphatic heterocycles. The molecule has 0 aromatic heterocycles. The highest BCUT2D eigenvalue weighted by Crippen LogP contribution is 2.75. The smallest absolute Gasteiger partial charge is 0.319 e. The van der Waals surface area contributed by atoms with Crippen molar-refractivity contribution in [2.45, 2.75) is 445 Å². The van der Waals surface area contributed by atoms with Gasteiger partial charge in [-0.1, -0.05) is 113 Å². The average Bonchev–Trinajstić information content (AvgIpc) is 1.50. The fourth-order valence-electron chi connectivity index (χ4n) is 39.8. The highest BCUT2D eigenvalue weighted by molar-refractivity contribution is 5.82. The monoisotopic (exact) mass is 2060 g/mol. The third-order valence-electron chi connectivity index (χ3n) is 48.0. The first-order valence-corrected chi connectivity index (χ1v) is 60.0. The Labute approximate surface area is 887 Å². The van der Waals surface area contributed by atoms with Crippen LogP contribution in [0.2, 0.25) is 0 Å². The van der Waals surface area contributed by atoms with Crippen LogP contribution in [-0.4, -0.2) is 130 Å². The topological polar surface area (TPSA) is 289 Å². The third-order valence-corrected chi connectivity index (χ3v) is 48.0. The summed E-state index contributed by atoms with van der Waals surface area (Å²) in [5, 5.41) is 0. The molecule has 0 bridgehead atoms. The van der Waals surface area contributed by atoms with E-state index in [4.69, 9.17) is 52.1 Å². The largest absolute Gasteiger partial charge is 0.464 e. The summed E-state index contributed by atoms with van der Waals surface area (Å²) in [7, 11) is 0. The average molecular weight is 2060 g/mol. The lowest BCUT2D eigenvalue weighted by molar-refractivity contribution is -0.182. The first-order chi connectivity index (χ1) is 70.1. The fraction of sp³-hybridized carbons (Fsp3) is 0.865. The molecular weight excluding hydrogens is 1870 g/mol. The Morgan fingerprint density at radius 2 is 0.486 bits per heavy atom. The Morgan fingerprint density at radius 1 is 0.270 bits per heavy atom. The zero-order valence-corrected chi connectivity index (χ0v) is 94.6. The molecule has 22 heteroatoms. The molecule has 16 aliphatic rings. The summed E-state index contributed by atoms with van der Waals surface area (Å²) in [6.07, 6.45) is 42.3. The number of esters is 11. The SMILES string of the molecule is CC(=O)O[C@@H]1CC[C@@]2(C)[C@H](CC[C@@H]3[C@@H]2CC[C@]2(C)[C@@H]([C@H](C)CCC(=O)OCC(C)(COC(=O)CC[C@@H](C)[C@H]4CC[C@H]5[C@@H]6CC[C@@H]7C[C@H](OC(C)=O)CC[C@]7(C)[C@H]6CC[C@]45C)C(=O)OCC(C)(COC(=O)C(C)(COC(=O)CC[C@@H](C)[C@H]4CC[C@H]5[C@@H]6CC[C@@H]7C[C@H](OC(C)=O)CC[C@]7(C)[C@H]6CC[C@]45C)COC(=O)CC[C@@H](C)[C@H]4CC[C@H]5[C@@H]6CC[C@@H]7C[C@H](OC(C)=O)CC[C@]7(C)[C@H]6CC[C@]45C)C(=O)OCc4ccccc4)CC[C@@H]32)C1. The van der Waals surface area contributed by atoms with E-state index in [-0.39, 0.29) is 148 Å². The van der Waals surface area contributed by atoms with E-state index in [1.54, 1.807) is 13.8 Å². The minimum Gasteiger partial charge on any atom is -0.464 e. The van der Waals surface area contributed by atoms with Crippen molar-refractivity contribution in [3.63, 3.8) is 0 Å². The summed E-state index contributed by atoms with van der Waals surface area (Å²) in [6, 6.07) is 9.12. The predicted octanol–water partition coefficient (Wildman–Crippen LogP) is 26.0. The number of hydrogen-bond donors (Lipinski definition) is 0. The van der Waals surface area contributed by atoms with Crippen molar-refractivity contribution < 1.29 is 105 Å². The zero-order chi connectivity index (χ0) is 106. The van der Waals surface area contributed by atoms with Gasteiger partial charge in [0.05, 0.1) is 0 Å². The van der Waals surface area contributed by atoms with Gasteiger partial charge in [-0.2, -0.15) is 0 Å². The summed E-state index contributed by atoms with van der Waals surface area (Å²) in [5.74, 6) is 6.52. The van der Waals surface area contributed by atoms with Gasteiger partial charge in [-0.3, -0.25) is 52.7 Å². The molecule has 148 heavy (non-hydrogen) atoms. The minimum atomic E-state index is -1.94. The van der Waals surface area contributed by atoms with Crippen LogP contribution in [0.5, 0.6) is 0 Å². The van der Waals surface area contributed by atoms with Crippen LogP contribution in [0.1, 0.15) is 420 Å². The van der Waals surface area contributed by atoms with Crippen molar-refractivity contribution in [3.8, 4) is 0 Å². The molecule has 1 aromatic rings. The van der Waals surface area contributed by atoms with Crippen molar-refractivity contribution in [3.05, 3.63) is 35.9 Å². The maximum atomic E-state index is 15.6. The van der Waals surface area contributed by atoms with Crippen LogP contribution in [0.25, 0.3) is 0 Å². The van der Waals surface area contributed by atoms with Gasteiger partial charge in [0.1, 0.15) is 86.9 Å². The van der Waals surface area contributed by atoms with Crippen LogP contribution in [0.4, 0.5) is 0 Å². The van der Waals surface area contributed by atoms with Crippen molar-refractivity contribution in [2.75, 3.05) is 39.6 Å². The second kappa shape index (κ2) is 44.9. The molecule has 0 heterocycles. The van der Waals surface area contributed by atoms with E-state index >= 15 is 14.4 Å². The number of fused-ring (bicyclic) bond motifs is 20. The minimum absolute atomic E-state index is 0.00471. The molecule has 0 radical (unpaired) electrons. The van der Waals surface area contributed by atoms with Crippen LogP contribution >= 0.6 is 0 Å². The first kappa shape index (κ1) is 112.